The van der Waals surface area contributed by atoms with Crippen LogP contribution in [-0.2, 0) is 17.6 Å². The van der Waals surface area contributed by atoms with E-state index in [1.165, 1.54) is 0 Å². The third-order valence-electron chi connectivity index (χ3n) is 7.05. The van der Waals surface area contributed by atoms with E-state index < -0.39 is 29.1 Å². The Hall–Kier alpha value is -2.86. The molecule has 3 aromatic rings. The lowest BCUT2D eigenvalue weighted by Gasteiger charge is -2.51. The van der Waals surface area contributed by atoms with Crippen LogP contribution in [-0.4, -0.2) is 39.1 Å². The van der Waals surface area contributed by atoms with Crippen LogP contribution < -0.4 is 0 Å². The van der Waals surface area contributed by atoms with Crippen LogP contribution in [0.3, 0.4) is 0 Å². The Morgan fingerprint density at radius 1 is 0.889 bits per heavy atom. The largest absolute Gasteiger partial charge is 0.465 e. The molecule has 1 fully saturated rings. The predicted molar refractivity (Wildman–Crippen MR) is 143 cm³/mol. The molecule has 1 aliphatic rings. The van der Waals surface area contributed by atoms with Gasteiger partial charge in [-0.2, -0.15) is 0 Å². The van der Waals surface area contributed by atoms with Crippen LogP contribution in [0.1, 0.15) is 43.5 Å². The fourth-order valence-corrected chi connectivity index (χ4v) is 5.99. The number of halogens is 2. The fourth-order valence-electron chi connectivity index (χ4n) is 5.38. The Balaban J connectivity index is 1.96. The van der Waals surface area contributed by atoms with Gasteiger partial charge in [0.1, 0.15) is 11.7 Å². The summed E-state index contributed by atoms with van der Waals surface area (Å²) in [7, 11) is 0. The van der Waals surface area contributed by atoms with E-state index in [1.54, 1.807) is 18.2 Å². The molecule has 1 N–H and O–H groups in total. The van der Waals surface area contributed by atoms with Gasteiger partial charge in [0.25, 0.3) is 5.91 Å². The van der Waals surface area contributed by atoms with Crippen molar-refractivity contribution in [2.24, 2.45) is 5.41 Å². The van der Waals surface area contributed by atoms with Crippen molar-refractivity contribution in [2.45, 2.75) is 45.3 Å². The number of hydrogen-bond donors (Lipinski definition) is 1. The predicted octanol–water partition coefficient (Wildman–Crippen LogP) is 7.08. The Kier molecular flexibility index (Phi) is 7.46. The maximum absolute atomic E-state index is 14.1. The van der Waals surface area contributed by atoms with Crippen molar-refractivity contribution in [1.29, 1.82) is 0 Å². The monoisotopic (exact) mass is 524 g/mol. The number of carbonyl (C=O) groups excluding carboxylic acids is 1. The fraction of sp³-hybridized carbons (Fsp3) is 0.310. The third-order valence-corrected chi connectivity index (χ3v) is 7.71. The molecule has 2 amide bonds. The zero-order valence-corrected chi connectivity index (χ0v) is 22.1. The van der Waals surface area contributed by atoms with Crippen molar-refractivity contribution in [2.75, 3.05) is 6.54 Å². The minimum Gasteiger partial charge on any atom is -0.465 e. The minimum atomic E-state index is -1.29. The highest BCUT2D eigenvalue weighted by atomic mass is 35.5. The first-order chi connectivity index (χ1) is 17.1. The van der Waals surface area contributed by atoms with Crippen LogP contribution in [0.15, 0.2) is 78.9 Å². The molecule has 4 rings (SSSR count). The van der Waals surface area contributed by atoms with Crippen molar-refractivity contribution >= 4 is 35.2 Å². The first-order valence-electron chi connectivity index (χ1n) is 11.9. The summed E-state index contributed by atoms with van der Waals surface area (Å²) in [6.07, 6.45) is -0.351. The van der Waals surface area contributed by atoms with Gasteiger partial charge >= 0.3 is 6.09 Å². The van der Waals surface area contributed by atoms with Crippen LogP contribution in [0.4, 0.5) is 4.79 Å². The normalized spacial score (nSPS) is 20.6. The number of carboxylic acid groups (broad SMARTS) is 1. The number of benzene rings is 3. The molecular formula is C29H30Cl2N2O3. The van der Waals surface area contributed by atoms with Gasteiger partial charge in [-0.1, -0.05) is 111 Å². The summed E-state index contributed by atoms with van der Waals surface area (Å²) in [5.41, 5.74) is 0.603. The number of rotatable bonds is 6. The lowest BCUT2D eigenvalue weighted by Crippen LogP contribution is -2.65. The lowest BCUT2D eigenvalue weighted by molar-refractivity contribution is -0.133. The van der Waals surface area contributed by atoms with Crippen molar-refractivity contribution in [3.05, 3.63) is 106 Å². The average Bonchev–Trinajstić information content (AvgIpc) is 3.07. The molecule has 0 aromatic heterocycles. The number of nitrogens with zero attached hydrogens (tertiary/aromatic N) is 2. The van der Waals surface area contributed by atoms with E-state index in [0.29, 0.717) is 35.0 Å². The SMILES string of the molecule is CC(C)(C)[C@@]1(Cc2ccccc2)N(C(=O)O)C(=O)[C@H](c2c(Cl)cccc2Cl)N1CCc1ccccc1. The summed E-state index contributed by atoms with van der Waals surface area (Å²) >= 11 is 13.2. The van der Waals surface area contributed by atoms with Crippen LogP contribution in [0.25, 0.3) is 0 Å². The van der Waals surface area contributed by atoms with Crippen molar-refractivity contribution < 1.29 is 14.7 Å². The zero-order valence-electron chi connectivity index (χ0n) is 20.6. The number of imide groups is 1. The molecule has 1 saturated heterocycles. The zero-order chi connectivity index (χ0) is 26.1. The highest BCUT2D eigenvalue weighted by Gasteiger charge is 2.64. The molecule has 0 radical (unpaired) electrons. The van der Waals surface area contributed by atoms with E-state index in [1.807, 2.05) is 86.3 Å². The van der Waals surface area contributed by atoms with Crippen LogP contribution >= 0.6 is 23.2 Å². The second kappa shape index (κ2) is 10.3. The van der Waals surface area contributed by atoms with E-state index in [4.69, 9.17) is 23.2 Å². The summed E-state index contributed by atoms with van der Waals surface area (Å²) in [5.74, 6) is -0.545. The van der Waals surface area contributed by atoms with Gasteiger partial charge in [0, 0.05) is 28.6 Å². The highest BCUT2D eigenvalue weighted by molar-refractivity contribution is 6.36. The smallest absolute Gasteiger partial charge is 0.415 e. The molecule has 3 aromatic carbocycles. The second-order valence-electron chi connectivity index (χ2n) is 10.2. The van der Waals surface area contributed by atoms with Gasteiger partial charge in [-0.05, 0) is 35.1 Å². The van der Waals surface area contributed by atoms with Crippen LogP contribution in [0.5, 0.6) is 0 Å². The maximum atomic E-state index is 14.1. The maximum Gasteiger partial charge on any atom is 0.415 e. The van der Waals surface area contributed by atoms with Gasteiger partial charge < -0.3 is 5.11 Å². The van der Waals surface area contributed by atoms with E-state index >= 15 is 0 Å². The van der Waals surface area contributed by atoms with Crippen molar-refractivity contribution in [3.63, 3.8) is 0 Å². The number of carbonyl (C=O) groups is 2. The molecule has 36 heavy (non-hydrogen) atoms. The topological polar surface area (TPSA) is 60.9 Å². The van der Waals surface area contributed by atoms with Gasteiger partial charge in [0.2, 0.25) is 0 Å². The quantitative estimate of drug-likeness (QED) is 0.374. The molecule has 1 heterocycles. The van der Waals surface area contributed by atoms with Crippen molar-refractivity contribution in [1.82, 2.24) is 9.80 Å². The van der Waals surface area contributed by atoms with E-state index in [-0.39, 0.29) is 0 Å². The van der Waals surface area contributed by atoms with Gasteiger partial charge in [-0.25, -0.2) is 9.69 Å². The minimum absolute atomic E-state index is 0.322. The third kappa shape index (κ3) is 4.63. The number of amides is 2. The Morgan fingerprint density at radius 3 is 1.92 bits per heavy atom. The molecule has 7 heteroatoms. The average molecular weight is 525 g/mol. The molecule has 2 atom stereocenters. The molecule has 0 saturated carbocycles. The van der Waals surface area contributed by atoms with Crippen LogP contribution in [0, 0.1) is 5.41 Å². The van der Waals surface area contributed by atoms with Gasteiger partial charge in [0.05, 0.1) is 0 Å². The van der Waals surface area contributed by atoms with Gasteiger partial charge in [-0.3, -0.25) is 9.69 Å². The van der Waals surface area contributed by atoms with E-state index in [9.17, 15) is 14.7 Å². The standard InChI is InChI=1S/C29H30Cl2N2O3/c1-28(2,3)29(19-21-13-8-5-9-14-21)32(18-17-20-11-6-4-7-12-20)25(26(34)33(29)27(35)36)24-22(30)15-10-16-23(24)31/h4-16,25H,17-19H2,1-3H3,(H,35,36)/t25-,29+/m0/s1. The summed E-state index contributed by atoms with van der Waals surface area (Å²) in [6, 6.07) is 23.8. The Morgan fingerprint density at radius 2 is 1.42 bits per heavy atom. The van der Waals surface area contributed by atoms with E-state index in [0.717, 1.165) is 16.0 Å². The summed E-state index contributed by atoms with van der Waals surface area (Å²) in [6.45, 7) is 6.36. The van der Waals surface area contributed by atoms with Crippen molar-refractivity contribution in [3.8, 4) is 0 Å². The van der Waals surface area contributed by atoms with Gasteiger partial charge in [0.15, 0.2) is 0 Å². The van der Waals surface area contributed by atoms with E-state index in [2.05, 4.69) is 0 Å². The molecule has 0 unspecified atom stereocenters. The molecular weight excluding hydrogens is 495 g/mol. The molecule has 0 bridgehead atoms. The molecule has 5 nitrogen and oxygen atoms in total. The summed E-state index contributed by atoms with van der Waals surface area (Å²) in [5, 5.41) is 11.1. The first kappa shape index (κ1) is 26.2. The summed E-state index contributed by atoms with van der Waals surface area (Å²) < 4.78 is 0. The molecule has 0 aliphatic carbocycles. The van der Waals surface area contributed by atoms with Crippen LogP contribution in [0.2, 0.25) is 10.0 Å². The lowest BCUT2D eigenvalue weighted by atomic mass is 9.74. The summed E-state index contributed by atoms with van der Waals surface area (Å²) in [4.78, 5) is 30.0. The Labute approximate surface area is 222 Å². The number of hydrogen-bond acceptors (Lipinski definition) is 3. The molecule has 0 spiro atoms. The van der Waals surface area contributed by atoms with Gasteiger partial charge in [-0.15, -0.1) is 0 Å². The molecule has 188 valence electrons. The highest BCUT2D eigenvalue weighted by Crippen LogP contribution is 2.53. The second-order valence-corrected chi connectivity index (χ2v) is 11.0. The first-order valence-corrected chi connectivity index (χ1v) is 12.7. The Bertz CT molecular complexity index is 1220. The molecule has 1 aliphatic heterocycles.